The van der Waals surface area contributed by atoms with Crippen molar-refractivity contribution in [2.45, 2.75) is 44.3 Å². The highest BCUT2D eigenvalue weighted by Crippen LogP contribution is 2.28. The van der Waals surface area contributed by atoms with E-state index >= 15 is 0 Å². The third-order valence-corrected chi connectivity index (χ3v) is 4.69. The molecule has 2 N–H and O–H groups in total. The molecule has 2 fully saturated rings. The summed E-state index contributed by atoms with van der Waals surface area (Å²) in [5.74, 6) is 0.188. The normalized spacial score (nSPS) is 25.0. The maximum Gasteiger partial charge on any atom is 0.245 e. The summed E-state index contributed by atoms with van der Waals surface area (Å²) in [4.78, 5) is 17.3. The van der Waals surface area contributed by atoms with Gasteiger partial charge in [-0.2, -0.15) is 0 Å². The SMILES string of the molecule is NC1CCCN1C(=O)C(c1ccccc1)N1CCCCC1. The van der Waals surface area contributed by atoms with E-state index in [1.54, 1.807) is 0 Å². The molecule has 4 heteroatoms. The number of piperidine rings is 1. The summed E-state index contributed by atoms with van der Waals surface area (Å²) in [6.45, 7) is 2.82. The van der Waals surface area contributed by atoms with E-state index in [-0.39, 0.29) is 18.1 Å². The van der Waals surface area contributed by atoms with Gasteiger partial charge in [-0.15, -0.1) is 0 Å². The molecule has 0 spiro atoms. The minimum atomic E-state index is -0.157. The number of rotatable bonds is 3. The summed E-state index contributed by atoms with van der Waals surface area (Å²) in [7, 11) is 0. The molecule has 0 saturated carbocycles. The highest BCUT2D eigenvalue weighted by Gasteiger charge is 2.35. The quantitative estimate of drug-likeness (QED) is 0.926. The molecule has 4 nitrogen and oxygen atoms in total. The van der Waals surface area contributed by atoms with Gasteiger partial charge in [0.25, 0.3) is 0 Å². The zero-order valence-corrected chi connectivity index (χ0v) is 12.6. The van der Waals surface area contributed by atoms with Crippen LogP contribution in [0.15, 0.2) is 30.3 Å². The van der Waals surface area contributed by atoms with E-state index in [0.29, 0.717) is 0 Å². The van der Waals surface area contributed by atoms with Crippen LogP contribution in [0.25, 0.3) is 0 Å². The van der Waals surface area contributed by atoms with Crippen molar-refractivity contribution < 1.29 is 4.79 Å². The first-order chi connectivity index (χ1) is 10.3. The predicted molar refractivity (Wildman–Crippen MR) is 83.5 cm³/mol. The Labute approximate surface area is 126 Å². The fourth-order valence-corrected chi connectivity index (χ4v) is 3.54. The topological polar surface area (TPSA) is 49.6 Å². The molecule has 3 rings (SSSR count). The van der Waals surface area contributed by atoms with Crippen LogP contribution in [0, 0.1) is 0 Å². The summed E-state index contributed by atoms with van der Waals surface area (Å²) >= 11 is 0. The van der Waals surface area contributed by atoms with Crippen molar-refractivity contribution in [1.29, 1.82) is 0 Å². The summed E-state index contributed by atoms with van der Waals surface area (Å²) < 4.78 is 0. The van der Waals surface area contributed by atoms with Gasteiger partial charge in [0.1, 0.15) is 6.04 Å². The number of likely N-dealkylation sites (tertiary alicyclic amines) is 2. The summed E-state index contributed by atoms with van der Waals surface area (Å²) in [5.41, 5.74) is 7.21. The first kappa shape index (κ1) is 14.5. The molecule has 1 aromatic carbocycles. The molecule has 1 amide bonds. The number of nitrogens with zero attached hydrogens (tertiary/aromatic N) is 2. The molecular weight excluding hydrogens is 262 g/mol. The Kier molecular flexibility index (Phi) is 4.56. The minimum Gasteiger partial charge on any atom is -0.326 e. The number of carbonyl (C=O) groups excluding carboxylic acids is 1. The lowest BCUT2D eigenvalue weighted by molar-refractivity contribution is -0.138. The second-order valence-electron chi connectivity index (χ2n) is 6.15. The van der Waals surface area contributed by atoms with E-state index in [2.05, 4.69) is 17.0 Å². The standard InChI is InChI=1S/C17H25N3O/c18-15-10-7-13-20(15)17(21)16(14-8-3-1-4-9-14)19-11-5-2-6-12-19/h1,3-4,8-9,15-16H,2,5-7,10-13,18H2. The molecule has 2 atom stereocenters. The number of nitrogens with two attached hydrogens (primary N) is 1. The van der Waals surface area contributed by atoms with E-state index in [4.69, 9.17) is 5.73 Å². The molecule has 2 saturated heterocycles. The molecule has 2 aliphatic rings. The highest BCUT2D eigenvalue weighted by molar-refractivity contribution is 5.83. The zero-order valence-electron chi connectivity index (χ0n) is 12.6. The molecule has 0 aromatic heterocycles. The van der Waals surface area contributed by atoms with Gasteiger partial charge in [0.05, 0.1) is 6.17 Å². The highest BCUT2D eigenvalue weighted by atomic mass is 16.2. The largest absolute Gasteiger partial charge is 0.326 e. The molecule has 0 radical (unpaired) electrons. The first-order valence-electron chi connectivity index (χ1n) is 8.12. The Hall–Kier alpha value is -1.39. The van der Waals surface area contributed by atoms with Crippen molar-refractivity contribution in [2.24, 2.45) is 5.73 Å². The number of hydrogen-bond donors (Lipinski definition) is 1. The van der Waals surface area contributed by atoms with E-state index in [1.165, 1.54) is 19.3 Å². The molecule has 21 heavy (non-hydrogen) atoms. The van der Waals surface area contributed by atoms with Crippen LogP contribution in [0.1, 0.15) is 43.7 Å². The van der Waals surface area contributed by atoms with Crippen molar-refractivity contribution in [1.82, 2.24) is 9.80 Å². The molecule has 2 aliphatic heterocycles. The van der Waals surface area contributed by atoms with Crippen LogP contribution in [0.2, 0.25) is 0 Å². The summed E-state index contributed by atoms with van der Waals surface area (Å²) in [6.07, 6.45) is 5.48. The van der Waals surface area contributed by atoms with Gasteiger partial charge >= 0.3 is 0 Å². The van der Waals surface area contributed by atoms with Crippen LogP contribution < -0.4 is 5.73 Å². The van der Waals surface area contributed by atoms with Gasteiger partial charge < -0.3 is 10.6 Å². The maximum absolute atomic E-state index is 13.1. The number of amides is 1. The number of hydrogen-bond acceptors (Lipinski definition) is 3. The molecule has 1 aromatic rings. The summed E-state index contributed by atoms with van der Waals surface area (Å²) in [6, 6.07) is 10.0. The van der Waals surface area contributed by atoms with Gasteiger partial charge in [-0.1, -0.05) is 36.8 Å². The predicted octanol–water partition coefficient (Wildman–Crippen LogP) is 2.12. The Morgan fingerprint density at radius 2 is 1.76 bits per heavy atom. The second kappa shape index (κ2) is 6.58. The van der Waals surface area contributed by atoms with Gasteiger partial charge in [0.15, 0.2) is 0 Å². The van der Waals surface area contributed by atoms with Crippen LogP contribution in [0.3, 0.4) is 0 Å². The van der Waals surface area contributed by atoms with Crippen molar-refractivity contribution in [3.8, 4) is 0 Å². The first-order valence-corrected chi connectivity index (χ1v) is 8.12. The van der Waals surface area contributed by atoms with Crippen molar-refractivity contribution in [3.63, 3.8) is 0 Å². The zero-order chi connectivity index (χ0) is 14.7. The van der Waals surface area contributed by atoms with Crippen LogP contribution >= 0.6 is 0 Å². The van der Waals surface area contributed by atoms with Crippen LogP contribution in [-0.4, -0.2) is 41.5 Å². The van der Waals surface area contributed by atoms with Gasteiger partial charge in [-0.05, 0) is 44.3 Å². The Morgan fingerprint density at radius 3 is 2.38 bits per heavy atom. The number of carbonyl (C=O) groups is 1. The van der Waals surface area contributed by atoms with Crippen LogP contribution in [-0.2, 0) is 4.79 Å². The average Bonchev–Trinajstić information content (AvgIpc) is 2.96. The van der Waals surface area contributed by atoms with E-state index < -0.39 is 0 Å². The Morgan fingerprint density at radius 1 is 1.05 bits per heavy atom. The molecule has 114 valence electrons. The van der Waals surface area contributed by atoms with E-state index in [1.807, 2.05) is 23.1 Å². The molecule has 0 aliphatic carbocycles. The Balaban J connectivity index is 1.86. The second-order valence-corrected chi connectivity index (χ2v) is 6.15. The third-order valence-electron chi connectivity index (χ3n) is 4.69. The summed E-state index contributed by atoms with van der Waals surface area (Å²) in [5, 5.41) is 0. The lowest BCUT2D eigenvalue weighted by Gasteiger charge is -2.37. The molecule has 2 unspecified atom stereocenters. The average molecular weight is 287 g/mol. The van der Waals surface area contributed by atoms with Gasteiger partial charge in [-0.25, -0.2) is 0 Å². The van der Waals surface area contributed by atoms with Crippen molar-refractivity contribution in [3.05, 3.63) is 35.9 Å². The fourth-order valence-electron chi connectivity index (χ4n) is 3.54. The van der Waals surface area contributed by atoms with Gasteiger partial charge in [0.2, 0.25) is 5.91 Å². The third kappa shape index (κ3) is 3.11. The van der Waals surface area contributed by atoms with E-state index in [9.17, 15) is 4.79 Å². The van der Waals surface area contributed by atoms with Gasteiger partial charge in [0, 0.05) is 6.54 Å². The van der Waals surface area contributed by atoms with Crippen LogP contribution in [0.4, 0.5) is 0 Å². The molecule has 2 heterocycles. The minimum absolute atomic E-state index is 0.103. The lowest BCUT2D eigenvalue weighted by atomic mass is 10.0. The molecular formula is C17H25N3O. The van der Waals surface area contributed by atoms with Crippen LogP contribution in [0.5, 0.6) is 0 Å². The van der Waals surface area contributed by atoms with Gasteiger partial charge in [-0.3, -0.25) is 9.69 Å². The lowest BCUT2D eigenvalue weighted by Crippen LogP contribution is -2.48. The van der Waals surface area contributed by atoms with Crippen molar-refractivity contribution in [2.75, 3.05) is 19.6 Å². The van der Waals surface area contributed by atoms with Crippen molar-refractivity contribution >= 4 is 5.91 Å². The maximum atomic E-state index is 13.1. The fraction of sp³-hybridized carbons (Fsp3) is 0.588. The monoisotopic (exact) mass is 287 g/mol. The van der Waals surface area contributed by atoms with E-state index in [0.717, 1.165) is 38.0 Å². The Bertz CT molecular complexity index is 470. The number of benzene rings is 1. The smallest absolute Gasteiger partial charge is 0.245 e. The molecule has 0 bridgehead atoms.